The van der Waals surface area contributed by atoms with Gasteiger partial charge in [0.15, 0.2) is 5.17 Å². The van der Waals surface area contributed by atoms with Gasteiger partial charge in [0.1, 0.15) is 0 Å². The fourth-order valence-electron chi connectivity index (χ4n) is 1.09. The van der Waals surface area contributed by atoms with Gasteiger partial charge in [0.2, 0.25) is 6.19 Å². The molecule has 4 nitrogen and oxygen atoms in total. The van der Waals surface area contributed by atoms with Crippen LogP contribution in [0.15, 0.2) is 4.99 Å². The van der Waals surface area contributed by atoms with E-state index in [4.69, 9.17) is 10.4 Å². The summed E-state index contributed by atoms with van der Waals surface area (Å²) in [4.78, 5) is 5.76. The molecule has 0 rings (SSSR count). The third kappa shape index (κ3) is 4.49. The van der Waals surface area contributed by atoms with Gasteiger partial charge in [-0.25, -0.2) is 0 Å². The zero-order valence-corrected chi connectivity index (χ0v) is 9.71. The maximum absolute atomic E-state index is 8.74. The van der Waals surface area contributed by atoms with E-state index < -0.39 is 0 Å². The molecule has 0 atom stereocenters. The van der Waals surface area contributed by atoms with Crippen molar-refractivity contribution in [2.75, 3.05) is 19.4 Å². The number of aliphatic hydroxyl groups is 1. The molecule has 0 bridgehead atoms. The Kier molecular flexibility index (Phi) is 7.25. The number of nitriles is 1. The molecule has 1 N–H and O–H groups in total. The quantitative estimate of drug-likeness (QED) is 0.436. The predicted molar refractivity (Wildman–Crippen MR) is 60.1 cm³/mol. The average Bonchev–Trinajstić information content (AvgIpc) is 2.16. The molecule has 0 heterocycles. The summed E-state index contributed by atoms with van der Waals surface area (Å²) in [7, 11) is 0. The highest BCUT2D eigenvalue weighted by Crippen LogP contribution is 2.10. The number of hydrogen-bond acceptors (Lipinski definition) is 4. The van der Waals surface area contributed by atoms with E-state index in [9.17, 15) is 0 Å². The molecule has 0 saturated carbocycles. The van der Waals surface area contributed by atoms with Crippen molar-refractivity contribution in [3.05, 3.63) is 0 Å². The van der Waals surface area contributed by atoms with Crippen LogP contribution in [0.2, 0.25) is 0 Å². The molecule has 0 unspecified atom stereocenters. The second kappa shape index (κ2) is 7.65. The highest BCUT2D eigenvalue weighted by atomic mass is 32.2. The molecular weight excluding hydrogens is 198 g/mol. The lowest BCUT2D eigenvalue weighted by molar-refractivity contribution is 0.256. The van der Waals surface area contributed by atoms with Crippen molar-refractivity contribution in [3.8, 4) is 6.19 Å². The standard InChI is InChI=1S/C9H17N3OS/c1-8(2)12(5-4-6-13)9(14-3)11-7-10/h8,13H,4-6H2,1-3H3. The van der Waals surface area contributed by atoms with Crippen LogP contribution in [-0.4, -0.2) is 40.6 Å². The average molecular weight is 215 g/mol. The lowest BCUT2D eigenvalue weighted by Gasteiger charge is -2.27. The third-order valence-electron chi connectivity index (χ3n) is 1.75. The van der Waals surface area contributed by atoms with E-state index in [1.165, 1.54) is 11.8 Å². The monoisotopic (exact) mass is 215 g/mol. The van der Waals surface area contributed by atoms with E-state index in [-0.39, 0.29) is 6.61 Å². The summed E-state index contributed by atoms with van der Waals surface area (Å²) in [5.74, 6) is 0. The summed E-state index contributed by atoms with van der Waals surface area (Å²) in [6.45, 7) is 4.98. The highest BCUT2D eigenvalue weighted by molar-refractivity contribution is 8.13. The van der Waals surface area contributed by atoms with Gasteiger partial charge in [0, 0.05) is 19.2 Å². The Morgan fingerprint density at radius 2 is 2.29 bits per heavy atom. The minimum absolute atomic E-state index is 0.164. The number of hydrogen-bond donors (Lipinski definition) is 1. The van der Waals surface area contributed by atoms with Gasteiger partial charge in [0.05, 0.1) is 0 Å². The van der Waals surface area contributed by atoms with Gasteiger partial charge >= 0.3 is 0 Å². The number of aliphatic hydroxyl groups excluding tert-OH is 1. The zero-order chi connectivity index (χ0) is 11.0. The van der Waals surface area contributed by atoms with Crippen LogP contribution in [0, 0.1) is 11.5 Å². The minimum Gasteiger partial charge on any atom is -0.396 e. The van der Waals surface area contributed by atoms with Crippen LogP contribution in [0.1, 0.15) is 20.3 Å². The van der Waals surface area contributed by atoms with Crippen molar-refractivity contribution in [2.24, 2.45) is 4.99 Å². The van der Waals surface area contributed by atoms with Gasteiger partial charge in [-0.05, 0) is 26.5 Å². The third-order valence-corrected chi connectivity index (χ3v) is 2.45. The first-order valence-corrected chi connectivity index (χ1v) is 5.78. The zero-order valence-electron chi connectivity index (χ0n) is 8.90. The van der Waals surface area contributed by atoms with Gasteiger partial charge in [-0.15, -0.1) is 4.99 Å². The van der Waals surface area contributed by atoms with Crippen LogP contribution >= 0.6 is 11.8 Å². The molecule has 0 aromatic rings. The van der Waals surface area contributed by atoms with Crippen LogP contribution < -0.4 is 0 Å². The summed E-state index contributed by atoms with van der Waals surface area (Å²) >= 11 is 1.45. The Hall–Kier alpha value is -0.730. The summed E-state index contributed by atoms with van der Waals surface area (Å²) in [5, 5.41) is 18.0. The van der Waals surface area contributed by atoms with Gasteiger partial charge in [-0.2, -0.15) is 5.26 Å². The van der Waals surface area contributed by atoms with Crippen molar-refractivity contribution < 1.29 is 5.11 Å². The molecule has 0 aromatic carbocycles. The van der Waals surface area contributed by atoms with Crippen molar-refractivity contribution in [2.45, 2.75) is 26.3 Å². The van der Waals surface area contributed by atoms with Crippen molar-refractivity contribution in [3.63, 3.8) is 0 Å². The first kappa shape index (κ1) is 13.3. The van der Waals surface area contributed by atoms with Crippen molar-refractivity contribution >= 4 is 16.9 Å². The maximum Gasteiger partial charge on any atom is 0.208 e. The molecule has 0 aliphatic carbocycles. The Morgan fingerprint density at radius 3 is 2.64 bits per heavy atom. The molecule has 0 aliphatic rings. The van der Waals surface area contributed by atoms with Gasteiger partial charge < -0.3 is 10.0 Å². The molecule has 5 heteroatoms. The summed E-state index contributed by atoms with van der Waals surface area (Å²) in [6, 6.07) is 0.293. The van der Waals surface area contributed by atoms with Gasteiger partial charge in [0.25, 0.3) is 0 Å². The first-order chi connectivity index (χ1) is 6.67. The Balaban J connectivity index is 4.46. The molecule has 0 aromatic heterocycles. The van der Waals surface area contributed by atoms with Crippen molar-refractivity contribution in [1.29, 1.82) is 5.26 Å². The fourth-order valence-corrected chi connectivity index (χ4v) is 1.75. The number of aliphatic imine (C=N–C) groups is 1. The van der Waals surface area contributed by atoms with E-state index in [0.29, 0.717) is 12.5 Å². The molecule has 80 valence electrons. The molecular formula is C9H17N3OS. The second-order valence-corrected chi connectivity index (χ2v) is 3.84. The molecule has 0 saturated heterocycles. The molecule has 0 radical (unpaired) electrons. The van der Waals surface area contributed by atoms with Crippen LogP contribution in [0.25, 0.3) is 0 Å². The lowest BCUT2D eigenvalue weighted by atomic mass is 10.3. The van der Waals surface area contributed by atoms with E-state index in [1.807, 2.05) is 25.0 Å². The lowest BCUT2D eigenvalue weighted by Crippen LogP contribution is -2.36. The Morgan fingerprint density at radius 1 is 1.64 bits per heavy atom. The second-order valence-electron chi connectivity index (χ2n) is 3.06. The Labute approximate surface area is 89.6 Å². The number of amidine groups is 1. The number of nitrogens with zero attached hydrogens (tertiary/aromatic N) is 3. The fraction of sp³-hybridized carbons (Fsp3) is 0.778. The SMILES string of the molecule is CSC(=NC#N)N(CCCO)C(C)C. The van der Waals surface area contributed by atoms with Gasteiger partial charge in [-0.3, -0.25) is 0 Å². The summed E-state index contributed by atoms with van der Waals surface area (Å²) < 4.78 is 0. The summed E-state index contributed by atoms with van der Waals surface area (Å²) in [6.07, 6.45) is 4.38. The predicted octanol–water partition coefficient (Wildman–Crippen LogP) is 1.28. The van der Waals surface area contributed by atoms with E-state index in [1.54, 1.807) is 6.19 Å². The Bertz CT molecular complexity index is 223. The molecule has 0 aliphatic heterocycles. The van der Waals surface area contributed by atoms with Gasteiger partial charge in [-0.1, -0.05) is 11.8 Å². The van der Waals surface area contributed by atoms with Crippen LogP contribution in [-0.2, 0) is 0 Å². The van der Waals surface area contributed by atoms with Crippen LogP contribution in [0.5, 0.6) is 0 Å². The van der Waals surface area contributed by atoms with E-state index in [0.717, 1.165) is 11.7 Å². The topological polar surface area (TPSA) is 59.6 Å². The highest BCUT2D eigenvalue weighted by Gasteiger charge is 2.13. The first-order valence-electron chi connectivity index (χ1n) is 4.55. The van der Waals surface area contributed by atoms with Crippen molar-refractivity contribution in [1.82, 2.24) is 4.90 Å². The molecule has 0 amide bonds. The van der Waals surface area contributed by atoms with E-state index in [2.05, 4.69) is 4.99 Å². The molecule has 0 fully saturated rings. The minimum atomic E-state index is 0.164. The smallest absolute Gasteiger partial charge is 0.208 e. The summed E-state index contributed by atoms with van der Waals surface area (Å²) in [5.41, 5.74) is 0. The van der Waals surface area contributed by atoms with Crippen LogP contribution in [0.3, 0.4) is 0 Å². The van der Waals surface area contributed by atoms with E-state index >= 15 is 0 Å². The molecule has 14 heavy (non-hydrogen) atoms. The normalized spacial score (nSPS) is 11.6. The maximum atomic E-state index is 8.74. The number of rotatable bonds is 4. The van der Waals surface area contributed by atoms with Crippen LogP contribution in [0.4, 0.5) is 0 Å². The molecule has 0 spiro atoms. The largest absolute Gasteiger partial charge is 0.396 e. The number of thioether (sulfide) groups is 1.